The Hall–Kier alpha value is -1.98. The molecule has 0 unspecified atom stereocenters. The number of nitrogens with one attached hydrogen (secondary N) is 2. The minimum Gasteiger partial charge on any atom is -0.312 e. The molecule has 0 atom stereocenters. The van der Waals surface area contributed by atoms with Crippen molar-refractivity contribution in [3.05, 3.63) is 43.3 Å². The van der Waals surface area contributed by atoms with Gasteiger partial charge in [0.15, 0.2) is 5.36 Å². The third-order valence-corrected chi connectivity index (χ3v) is 1.53. The van der Waals surface area contributed by atoms with Gasteiger partial charge in [0, 0.05) is 14.1 Å². The molecule has 0 radical (unpaired) electrons. The lowest BCUT2D eigenvalue weighted by Crippen LogP contribution is -2.48. The summed E-state index contributed by atoms with van der Waals surface area (Å²) < 4.78 is 0. The van der Waals surface area contributed by atoms with E-state index in [1.807, 2.05) is 0 Å². The van der Waals surface area contributed by atoms with Crippen molar-refractivity contribution in [2.24, 2.45) is 10.2 Å². The predicted octanol–water partition coefficient (Wildman–Crippen LogP) is -2.65. The summed E-state index contributed by atoms with van der Waals surface area (Å²) in [5, 5.41) is 7.31. The molecular formula is C8H10N4O2. The van der Waals surface area contributed by atoms with Gasteiger partial charge < -0.3 is 10.9 Å². The lowest BCUT2D eigenvalue weighted by atomic mass is 10.3. The van der Waals surface area contributed by atoms with E-state index in [4.69, 9.17) is 0 Å². The molecule has 0 aliphatic rings. The molecule has 0 aliphatic carbocycles. The van der Waals surface area contributed by atoms with Crippen molar-refractivity contribution in [1.29, 1.82) is 0 Å². The Morgan fingerprint density at radius 1 is 1.07 bits per heavy atom. The second-order valence-electron chi connectivity index (χ2n) is 2.43. The van der Waals surface area contributed by atoms with E-state index in [2.05, 4.69) is 21.1 Å². The Morgan fingerprint density at radius 3 is 2.29 bits per heavy atom. The van der Waals surface area contributed by atoms with Crippen molar-refractivity contribution in [1.82, 2.24) is 10.9 Å². The smallest absolute Gasteiger partial charge is 0.237 e. The molecule has 0 fully saturated rings. The van der Waals surface area contributed by atoms with Crippen LogP contribution in [0.4, 0.5) is 0 Å². The molecule has 0 saturated heterocycles. The van der Waals surface area contributed by atoms with Gasteiger partial charge in [0.05, 0.1) is 0 Å². The van der Waals surface area contributed by atoms with E-state index >= 15 is 0 Å². The van der Waals surface area contributed by atoms with E-state index < -0.39 is 10.9 Å². The Bertz CT molecular complexity index is 525. The zero-order valence-corrected chi connectivity index (χ0v) is 7.87. The number of hydrogen-bond donors (Lipinski definition) is 2. The second-order valence-corrected chi connectivity index (χ2v) is 2.43. The standard InChI is InChI=1S/C8H10N4O2/c1-9-11-5-3-4-6(13)7(8(5)14)12-10-2/h3-4,9-10H,1-2H3. The minimum atomic E-state index is -0.485. The van der Waals surface area contributed by atoms with Gasteiger partial charge in [0.1, 0.15) is 5.36 Å². The topological polar surface area (TPSA) is 82.9 Å². The van der Waals surface area contributed by atoms with Crippen molar-refractivity contribution in [3.8, 4) is 0 Å². The molecule has 0 heterocycles. The van der Waals surface area contributed by atoms with Crippen molar-refractivity contribution in [2.75, 3.05) is 14.1 Å². The van der Waals surface area contributed by atoms with Crippen molar-refractivity contribution in [2.45, 2.75) is 0 Å². The molecule has 0 amide bonds. The first-order valence-electron chi connectivity index (χ1n) is 3.96. The van der Waals surface area contributed by atoms with Crippen molar-refractivity contribution >= 4 is 0 Å². The van der Waals surface area contributed by atoms with Gasteiger partial charge in [-0.25, -0.2) is 0 Å². The Morgan fingerprint density at radius 2 is 1.71 bits per heavy atom. The molecule has 0 saturated carbocycles. The highest BCUT2D eigenvalue weighted by atomic mass is 16.1. The van der Waals surface area contributed by atoms with E-state index in [0.29, 0.717) is 0 Å². The maximum absolute atomic E-state index is 11.5. The van der Waals surface area contributed by atoms with Crippen LogP contribution in [0, 0.1) is 0 Å². The van der Waals surface area contributed by atoms with Crippen LogP contribution < -0.4 is 32.4 Å². The van der Waals surface area contributed by atoms with E-state index in [0.717, 1.165) is 0 Å². The average Bonchev–Trinajstić information content (AvgIpc) is 2.17. The van der Waals surface area contributed by atoms with Gasteiger partial charge in [-0.3, -0.25) is 9.59 Å². The SMILES string of the molecule is CNN=c1ccc(=O)c(=NNC)c1=O. The molecule has 0 aromatic heterocycles. The van der Waals surface area contributed by atoms with Crippen LogP contribution in [0.25, 0.3) is 0 Å². The quantitative estimate of drug-likeness (QED) is 0.504. The van der Waals surface area contributed by atoms with Gasteiger partial charge in [-0.1, -0.05) is 0 Å². The first kappa shape index (κ1) is 10.1. The van der Waals surface area contributed by atoms with Crippen LogP contribution in [0.2, 0.25) is 0 Å². The molecule has 6 heteroatoms. The van der Waals surface area contributed by atoms with Gasteiger partial charge in [0.2, 0.25) is 10.9 Å². The van der Waals surface area contributed by atoms with Gasteiger partial charge >= 0.3 is 0 Å². The fraction of sp³-hybridized carbons (Fsp3) is 0.250. The molecule has 2 N–H and O–H groups in total. The van der Waals surface area contributed by atoms with Crippen molar-refractivity contribution < 1.29 is 0 Å². The second kappa shape index (κ2) is 4.31. The Kier molecular flexibility index (Phi) is 3.11. The minimum absolute atomic E-state index is 0.149. The molecular weight excluding hydrogens is 184 g/mol. The van der Waals surface area contributed by atoms with Gasteiger partial charge in [-0.15, -0.1) is 0 Å². The maximum Gasteiger partial charge on any atom is 0.237 e. The lowest BCUT2D eigenvalue weighted by Gasteiger charge is -1.87. The third-order valence-electron chi connectivity index (χ3n) is 1.53. The van der Waals surface area contributed by atoms with Crippen LogP contribution in [-0.2, 0) is 0 Å². The summed E-state index contributed by atoms with van der Waals surface area (Å²) in [7, 11) is 3.08. The molecule has 1 aromatic carbocycles. The first-order valence-corrected chi connectivity index (χ1v) is 3.96. The largest absolute Gasteiger partial charge is 0.312 e. The summed E-state index contributed by atoms with van der Waals surface area (Å²) in [6.45, 7) is 0. The normalized spacial score (nSPS) is 13.0. The molecule has 0 aliphatic heterocycles. The molecule has 1 aromatic rings. The highest BCUT2D eigenvalue weighted by molar-refractivity contribution is 5.01. The fourth-order valence-corrected chi connectivity index (χ4v) is 0.969. The van der Waals surface area contributed by atoms with Crippen LogP contribution in [0.1, 0.15) is 0 Å². The molecule has 6 nitrogen and oxygen atoms in total. The van der Waals surface area contributed by atoms with E-state index in [9.17, 15) is 9.59 Å². The molecule has 1 rings (SSSR count). The van der Waals surface area contributed by atoms with Crippen LogP contribution in [-0.4, -0.2) is 14.1 Å². The molecule has 0 bridgehead atoms. The van der Waals surface area contributed by atoms with Gasteiger partial charge in [0.25, 0.3) is 0 Å². The highest BCUT2D eigenvalue weighted by Gasteiger charge is 1.98. The van der Waals surface area contributed by atoms with Crippen LogP contribution in [0.15, 0.2) is 31.9 Å². The molecule has 14 heavy (non-hydrogen) atoms. The van der Waals surface area contributed by atoms with E-state index in [1.165, 1.54) is 19.2 Å². The van der Waals surface area contributed by atoms with Gasteiger partial charge in [-0.2, -0.15) is 10.2 Å². The number of benzene rings is 1. The predicted molar refractivity (Wildman–Crippen MR) is 50.6 cm³/mol. The Balaban J connectivity index is 3.68. The van der Waals surface area contributed by atoms with E-state index in [-0.39, 0.29) is 10.7 Å². The summed E-state index contributed by atoms with van der Waals surface area (Å²) in [5.74, 6) is 0. The summed E-state index contributed by atoms with van der Waals surface area (Å²) in [6.07, 6.45) is 0. The summed E-state index contributed by atoms with van der Waals surface area (Å²) >= 11 is 0. The van der Waals surface area contributed by atoms with Crippen LogP contribution in [0.3, 0.4) is 0 Å². The highest BCUT2D eigenvalue weighted by Crippen LogP contribution is 1.55. The fourth-order valence-electron chi connectivity index (χ4n) is 0.969. The van der Waals surface area contributed by atoms with Gasteiger partial charge in [-0.05, 0) is 12.1 Å². The lowest BCUT2D eigenvalue weighted by molar-refractivity contribution is 0.829. The number of rotatable bonds is 2. The third kappa shape index (κ3) is 1.85. The zero-order chi connectivity index (χ0) is 10.6. The Labute approximate surface area is 79.3 Å². The summed E-state index contributed by atoms with van der Waals surface area (Å²) in [4.78, 5) is 22.7. The number of hydrogen-bond acceptors (Lipinski definition) is 6. The molecule has 74 valence electrons. The average molecular weight is 194 g/mol. The zero-order valence-electron chi connectivity index (χ0n) is 7.87. The summed E-state index contributed by atoms with van der Waals surface area (Å²) in [5.41, 5.74) is 3.97. The maximum atomic E-state index is 11.5. The van der Waals surface area contributed by atoms with Crippen molar-refractivity contribution in [3.63, 3.8) is 0 Å². The first-order chi connectivity index (χ1) is 6.70. The van der Waals surface area contributed by atoms with E-state index in [1.54, 1.807) is 7.05 Å². The van der Waals surface area contributed by atoms with Crippen LogP contribution in [0.5, 0.6) is 0 Å². The summed E-state index contributed by atoms with van der Waals surface area (Å²) in [6, 6.07) is 2.61. The molecule has 0 spiro atoms. The monoisotopic (exact) mass is 194 g/mol. The van der Waals surface area contributed by atoms with Crippen LogP contribution >= 0.6 is 0 Å². The number of nitrogens with zero attached hydrogens (tertiary/aromatic N) is 2.